The molecule has 3 saturated carbocycles. The van der Waals surface area contributed by atoms with Crippen molar-refractivity contribution in [2.75, 3.05) is 0 Å². The van der Waals surface area contributed by atoms with E-state index in [1.54, 1.807) is 12.8 Å². The van der Waals surface area contributed by atoms with Crippen LogP contribution < -0.4 is 0 Å². The predicted octanol–water partition coefficient (Wildman–Crippen LogP) is 9.28. The van der Waals surface area contributed by atoms with Crippen molar-refractivity contribution in [1.29, 1.82) is 0 Å². The zero-order valence-electron chi connectivity index (χ0n) is 19.6. The maximum atomic E-state index is 2.46. The fourth-order valence-corrected chi connectivity index (χ4v) is 6.63. The molecule has 5 atom stereocenters. The van der Waals surface area contributed by atoms with E-state index in [1.807, 2.05) is 0 Å². The minimum atomic E-state index is 0.919. The molecule has 0 heterocycles. The van der Waals surface area contributed by atoms with Gasteiger partial charge in [-0.25, -0.2) is 0 Å². The van der Waals surface area contributed by atoms with E-state index in [1.165, 1.54) is 83.5 Å². The van der Waals surface area contributed by atoms with Gasteiger partial charge in [0.2, 0.25) is 0 Å². The Balaban J connectivity index is 0.000000223. The van der Waals surface area contributed by atoms with Crippen molar-refractivity contribution in [3.63, 3.8) is 0 Å². The first-order valence-corrected chi connectivity index (χ1v) is 13.0. The lowest BCUT2D eigenvalue weighted by Gasteiger charge is -2.38. The van der Waals surface area contributed by atoms with Gasteiger partial charge in [0.15, 0.2) is 0 Å². The van der Waals surface area contributed by atoms with Crippen LogP contribution >= 0.6 is 0 Å². The predicted molar refractivity (Wildman–Crippen MR) is 122 cm³/mol. The van der Waals surface area contributed by atoms with Gasteiger partial charge in [-0.1, -0.05) is 98.8 Å². The van der Waals surface area contributed by atoms with E-state index in [2.05, 4.69) is 34.6 Å². The van der Waals surface area contributed by atoms with Crippen molar-refractivity contribution in [2.24, 2.45) is 41.4 Å². The summed E-state index contributed by atoms with van der Waals surface area (Å²) in [5.74, 6) is 7.28. The molecule has 0 aromatic heterocycles. The van der Waals surface area contributed by atoms with Crippen LogP contribution in [0, 0.1) is 41.4 Å². The van der Waals surface area contributed by atoms with Gasteiger partial charge in [0, 0.05) is 0 Å². The molecule has 0 nitrogen and oxygen atoms in total. The topological polar surface area (TPSA) is 0 Å². The lowest BCUT2D eigenvalue weighted by Crippen LogP contribution is -2.28. The molecule has 0 aromatic carbocycles. The highest BCUT2D eigenvalue weighted by Gasteiger charge is 2.37. The number of hydrogen-bond acceptors (Lipinski definition) is 0. The molecule has 0 aromatic rings. The molecular weight excluding hydrogens is 324 g/mol. The highest BCUT2D eigenvalue weighted by Crippen LogP contribution is 2.48. The molecule has 3 aliphatic rings. The first-order valence-electron chi connectivity index (χ1n) is 13.0. The van der Waals surface area contributed by atoms with Crippen molar-refractivity contribution in [1.82, 2.24) is 0 Å². The third-order valence-electron chi connectivity index (χ3n) is 8.58. The molecule has 0 N–H and O–H groups in total. The summed E-state index contributed by atoms with van der Waals surface area (Å²) < 4.78 is 0. The molecule has 3 fully saturated rings. The zero-order chi connectivity index (χ0) is 19.6. The summed E-state index contributed by atoms with van der Waals surface area (Å²) in [7, 11) is 0. The first-order chi connectivity index (χ1) is 13.0. The van der Waals surface area contributed by atoms with Gasteiger partial charge in [-0.15, -0.1) is 0 Å². The van der Waals surface area contributed by atoms with E-state index in [-0.39, 0.29) is 0 Å². The van der Waals surface area contributed by atoms with Crippen LogP contribution in [0.15, 0.2) is 0 Å². The minimum absolute atomic E-state index is 0.919. The van der Waals surface area contributed by atoms with Gasteiger partial charge >= 0.3 is 0 Å². The quantitative estimate of drug-likeness (QED) is 0.433. The van der Waals surface area contributed by atoms with E-state index in [0.717, 1.165) is 41.4 Å². The van der Waals surface area contributed by atoms with Gasteiger partial charge in [-0.2, -0.15) is 0 Å². The maximum absolute atomic E-state index is 2.46. The van der Waals surface area contributed by atoms with Crippen LogP contribution in [0.5, 0.6) is 0 Å². The molecule has 0 radical (unpaired) electrons. The summed E-state index contributed by atoms with van der Waals surface area (Å²) in [6.45, 7) is 12.0. The molecule has 0 spiro atoms. The van der Waals surface area contributed by atoms with Crippen molar-refractivity contribution < 1.29 is 0 Å². The minimum Gasteiger partial charge on any atom is -0.0654 e. The van der Waals surface area contributed by atoms with E-state index < -0.39 is 0 Å². The molecular formula is C27H52. The largest absolute Gasteiger partial charge is 0.0654 e. The Bertz CT molecular complexity index is 364. The molecule has 0 bridgehead atoms. The highest BCUT2D eigenvalue weighted by atomic mass is 14.4. The molecule has 160 valence electrons. The Morgan fingerprint density at radius 3 is 2.15 bits per heavy atom. The Hall–Kier alpha value is 0. The van der Waals surface area contributed by atoms with E-state index in [9.17, 15) is 0 Å². The second kappa shape index (κ2) is 12.5. The van der Waals surface area contributed by atoms with Crippen LogP contribution in [0.2, 0.25) is 0 Å². The second-order valence-electron chi connectivity index (χ2n) is 11.0. The van der Waals surface area contributed by atoms with Gasteiger partial charge in [-0.3, -0.25) is 0 Å². The zero-order valence-corrected chi connectivity index (χ0v) is 19.6. The lowest BCUT2D eigenvalue weighted by molar-refractivity contribution is 0.123. The Morgan fingerprint density at radius 2 is 1.56 bits per heavy atom. The summed E-state index contributed by atoms with van der Waals surface area (Å²) in [6.07, 6.45) is 22.5. The highest BCUT2D eigenvalue weighted by molar-refractivity contribution is 4.88. The molecule has 3 aliphatic carbocycles. The molecule has 5 unspecified atom stereocenters. The third-order valence-corrected chi connectivity index (χ3v) is 8.58. The van der Waals surface area contributed by atoms with Crippen LogP contribution in [0.3, 0.4) is 0 Å². The number of rotatable bonds is 6. The van der Waals surface area contributed by atoms with Gasteiger partial charge < -0.3 is 0 Å². The van der Waals surface area contributed by atoms with Crippen LogP contribution in [0.25, 0.3) is 0 Å². The van der Waals surface area contributed by atoms with Crippen molar-refractivity contribution in [3.8, 4) is 0 Å². The van der Waals surface area contributed by atoms with Gasteiger partial charge in [0.1, 0.15) is 0 Å². The van der Waals surface area contributed by atoms with Gasteiger partial charge in [0.05, 0.1) is 0 Å². The molecule has 0 amide bonds. The summed E-state index contributed by atoms with van der Waals surface area (Å²) in [5.41, 5.74) is 0. The van der Waals surface area contributed by atoms with Crippen LogP contribution in [-0.2, 0) is 0 Å². The molecule has 3 rings (SSSR count). The summed E-state index contributed by atoms with van der Waals surface area (Å²) in [4.78, 5) is 0. The van der Waals surface area contributed by atoms with E-state index in [0.29, 0.717) is 0 Å². The first kappa shape index (κ1) is 23.3. The summed E-state index contributed by atoms with van der Waals surface area (Å²) >= 11 is 0. The number of hydrogen-bond donors (Lipinski definition) is 0. The summed E-state index contributed by atoms with van der Waals surface area (Å²) in [6, 6.07) is 0. The van der Waals surface area contributed by atoms with Crippen molar-refractivity contribution in [3.05, 3.63) is 0 Å². The Morgan fingerprint density at radius 1 is 0.815 bits per heavy atom. The van der Waals surface area contributed by atoms with E-state index in [4.69, 9.17) is 0 Å². The molecule has 0 saturated heterocycles. The van der Waals surface area contributed by atoms with Crippen molar-refractivity contribution >= 4 is 0 Å². The van der Waals surface area contributed by atoms with Crippen LogP contribution in [-0.4, -0.2) is 0 Å². The molecule has 0 aliphatic heterocycles. The Kier molecular flexibility index (Phi) is 10.8. The normalized spacial score (nSPS) is 35.1. The smallest absolute Gasteiger partial charge is 0.0357 e. The fraction of sp³-hybridized carbons (Fsp3) is 1.00. The number of unbranched alkanes of at least 4 members (excludes halogenated alkanes) is 1. The fourth-order valence-electron chi connectivity index (χ4n) is 6.63. The van der Waals surface area contributed by atoms with Gasteiger partial charge in [-0.05, 0) is 73.5 Å². The van der Waals surface area contributed by atoms with E-state index >= 15 is 0 Å². The van der Waals surface area contributed by atoms with Gasteiger partial charge in [0.25, 0.3) is 0 Å². The average molecular weight is 377 g/mol. The standard InChI is InChI=1S/C17H32.C10H20/c1-5-14-10-13(4)6-9-17(14)16-8-7-15(11-16)12(2)3;1-2-3-7-10-8-5-4-6-9-10/h12-17H,5-11H2,1-4H3;10H,2-9H2,1H3. The van der Waals surface area contributed by atoms with Crippen molar-refractivity contribution in [2.45, 2.75) is 131 Å². The SMILES string of the molecule is CCC1CC(C)CCC1C1CCC(C(C)C)C1.CCCCC1CCCCC1. The lowest BCUT2D eigenvalue weighted by atomic mass is 9.67. The monoisotopic (exact) mass is 376 g/mol. The second-order valence-corrected chi connectivity index (χ2v) is 11.0. The molecule has 27 heavy (non-hydrogen) atoms. The maximum Gasteiger partial charge on any atom is -0.0357 e. The average Bonchev–Trinajstić information content (AvgIpc) is 3.18. The van der Waals surface area contributed by atoms with Crippen LogP contribution in [0.4, 0.5) is 0 Å². The Labute approximate surface area is 172 Å². The molecule has 0 heteroatoms. The third kappa shape index (κ3) is 7.74. The summed E-state index contributed by atoms with van der Waals surface area (Å²) in [5, 5.41) is 0. The van der Waals surface area contributed by atoms with Crippen LogP contribution in [0.1, 0.15) is 131 Å².